The number of aromatic nitrogens is 1. The van der Waals surface area contributed by atoms with E-state index < -0.39 is 0 Å². The quantitative estimate of drug-likeness (QED) is 0.862. The largest absolute Gasteiger partial charge is 0.454 e. The number of nitrogens with zero attached hydrogens (tertiary/aromatic N) is 1. The Bertz CT molecular complexity index is 622. The Morgan fingerprint density at radius 1 is 1.37 bits per heavy atom. The van der Waals surface area contributed by atoms with E-state index in [1.54, 1.807) is 6.20 Å². The minimum absolute atomic E-state index is 0.263. The highest BCUT2D eigenvalue weighted by Gasteiger charge is 2.17. The molecular formula is C13H10BrClN2O2. The van der Waals surface area contributed by atoms with E-state index in [-0.39, 0.29) is 6.79 Å². The van der Waals surface area contributed by atoms with E-state index in [0.29, 0.717) is 11.7 Å². The van der Waals surface area contributed by atoms with Gasteiger partial charge in [-0.15, -0.1) is 0 Å². The number of halogens is 2. The molecule has 0 amide bonds. The number of benzene rings is 1. The minimum atomic E-state index is 0.263. The third-order valence-electron chi connectivity index (χ3n) is 2.73. The molecule has 19 heavy (non-hydrogen) atoms. The number of pyridine rings is 1. The summed E-state index contributed by atoms with van der Waals surface area (Å²) in [5, 5.41) is 3.70. The van der Waals surface area contributed by atoms with Crippen LogP contribution in [0.2, 0.25) is 5.15 Å². The van der Waals surface area contributed by atoms with E-state index in [4.69, 9.17) is 21.1 Å². The fourth-order valence-corrected chi connectivity index (χ4v) is 2.63. The lowest BCUT2D eigenvalue weighted by atomic mass is 10.2. The number of hydrogen-bond acceptors (Lipinski definition) is 4. The Balaban J connectivity index is 1.78. The Labute approximate surface area is 123 Å². The van der Waals surface area contributed by atoms with Crippen LogP contribution in [0.25, 0.3) is 0 Å². The normalized spacial score (nSPS) is 12.5. The van der Waals surface area contributed by atoms with Crippen molar-refractivity contribution in [3.8, 4) is 11.5 Å². The van der Waals surface area contributed by atoms with Crippen LogP contribution in [-0.4, -0.2) is 11.8 Å². The van der Waals surface area contributed by atoms with Gasteiger partial charge in [-0.25, -0.2) is 4.98 Å². The van der Waals surface area contributed by atoms with Gasteiger partial charge in [-0.1, -0.05) is 11.6 Å². The molecular weight excluding hydrogens is 332 g/mol. The van der Waals surface area contributed by atoms with Crippen LogP contribution in [0, 0.1) is 0 Å². The third kappa shape index (κ3) is 2.62. The van der Waals surface area contributed by atoms with Crippen molar-refractivity contribution in [2.24, 2.45) is 0 Å². The van der Waals surface area contributed by atoms with Crippen LogP contribution in [0.15, 0.2) is 34.9 Å². The number of ether oxygens (including phenoxy) is 2. The smallest absolute Gasteiger partial charge is 0.231 e. The number of rotatable bonds is 3. The molecule has 0 bridgehead atoms. The van der Waals surface area contributed by atoms with Gasteiger partial charge in [-0.3, -0.25) is 0 Å². The average Bonchev–Trinajstić information content (AvgIpc) is 2.87. The van der Waals surface area contributed by atoms with Gasteiger partial charge in [0.1, 0.15) is 0 Å². The number of anilines is 1. The fraction of sp³-hybridized carbons (Fsp3) is 0.154. The molecule has 0 aliphatic carbocycles. The first-order valence-electron chi connectivity index (χ1n) is 5.66. The van der Waals surface area contributed by atoms with E-state index in [1.165, 1.54) is 0 Å². The van der Waals surface area contributed by atoms with Crippen LogP contribution in [0.4, 0.5) is 5.69 Å². The van der Waals surface area contributed by atoms with Crippen LogP contribution in [0.3, 0.4) is 0 Å². The third-order valence-corrected chi connectivity index (χ3v) is 3.62. The molecule has 2 aromatic rings. The molecule has 0 saturated heterocycles. The van der Waals surface area contributed by atoms with Crippen molar-refractivity contribution >= 4 is 33.2 Å². The van der Waals surface area contributed by atoms with Gasteiger partial charge in [0.15, 0.2) is 16.7 Å². The van der Waals surface area contributed by atoms with Gasteiger partial charge >= 0.3 is 0 Å². The van der Waals surface area contributed by atoms with Gasteiger partial charge in [0.2, 0.25) is 6.79 Å². The topological polar surface area (TPSA) is 43.4 Å². The van der Waals surface area contributed by atoms with E-state index in [1.807, 2.05) is 24.3 Å². The highest BCUT2D eigenvalue weighted by atomic mass is 79.9. The lowest BCUT2D eigenvalue weighted by Gasteiger charge is -2.09. The lowest BCUT2D eigenvalue weighted by molar-refractivity contribution is 0.173. The number of hydrogen-bond donors (Lipinski definition) is 1. The van der Waals surface area contributed by atoms with Crippen molar-refractivity contribution in [2.75, 3.05) is 12.1 Å². The predicted molar refractivity (Wildman–Crippen MR) is 76.8 cm³/mol. The summed E-state index contributed by atoms with van der Waals surface area (Å²) in [6.07, 6.45) is 1.66. The molecule has 0 spiro atoms. The fourth-order valence-electron chi connectivity index (χ4n) is 1.84. The molecule has 1 aliphatic rings. The summed E-state index contributed by atoms with van der Waals surface area (Å²) >= 11 is 9.46. The van der Waals surface area contributed by atoms with Gasteiger partial charge in [-0.05, 0) is 45.8 Å². The highest BCUT2D eigenvalue weighted by molar-refractivity contribution is 9.10. The van der Waals surface area contributed by atoms with Gasteiger partial charge in [-0.2, -0.15) is 0 Å². The van der Waals surface area contributed by atoms with E-state index in [0.717, 1.165) is 27.2 Å². The maximum absolute atomic E-state index is 5.99. The zero-order chi connectivity index (χ0) is 13.2. The van der Waals surface area contributed by atoms with Gasteiger partial charge < -0.3 is 14.8 Å². The molecule has 0 unspecified atom stereocenters. The summed E-state index contributed by atoms with van der Waals surface area (Å²) in [6, 6.07) is 7.66. The Morgan fingerprint density at radius 3 is 3.11 bits per heavy atom. The predicted octanol–water partition coefficient (Wildman–Crippen LogP) is 3.84. The molecule has 1 aromatic heterocycles. The average molecular weight is 342 g/mol. The van der Waals surface area contributed by atoms with Gasteiger partial charge in [0, 0.05) is 12.7 Å². The van der Waals surface area contributed by atoms with Crippen LogP contribution >= 0.6 is 27.5 Å². The van der Waals surface area contributed by atoms with Crippen molar-refractivity contribution in [3.63, 3.8) is 0 Å². The molecule has 0 atom stereocenters. The van der Waals surface area contributed by atoms with Crippen LogP contribution < -0.4 is 14.8 Å². The second-order valence-electron chi connectivity index (χ2n) is 4.01. The second kappa shape index (κ2) is 5.27. The molecule has 3 rings (SSSR count). The van der Waals surface area contributed by atoms with Crippen LogP contribution in [-0.2, 0) is 6.54 Å². The summed E-state index contributed by atoms with van der Waals surface area (Å²) in [5.41, 5.74) is 1.87. The van der Waals surface area contributed by atoms with Crippen LogP contribution in [0.1, 0.15) is 5.56 Å². The maximum Gasteiger partial charge on any atom is 0.231 e. The van der Waals surface area contributed by atoms with Gasteiger partial charge in [0.25, 0.3) is 0 Å². The first-order chi connectivity index (χ1) is 9.24. The van der Waals surface area contributed by atoms with Gasteiger partial charge in [0.05, 0.1) is 10.2 Å². The van der Waals surface area contributed by atoms with E-state index in [2.05, 4.69) is 26.2 Å². The zero-order valence-electron chi connectivity index (χ0n) is 9.82. The van der Waals surface area contributed by atoms with Crippen molar-refractivity contribution < 1.29 is 9.47 Å². The van der Waals surface area contributed by atoms with Crippen molar-refractivity contribution in [1.29, 1.82) is 0 Å². The second-order valence-corrected chi connectivity index (χ2v) is 5.22. The molecule has 1 aromatic carbocycles. The standard InChI is InChI=1S/C13H10BrClN2O2/c14-9-4-8(5-11-12(9)19-7-18-11)6-17-10-2-1-3-16-13(10)15/h1-5,17H,6-7H2. The molecule has 6 heteroatoms. The molecule has 1 N–H and O–H groups in total. The summed E-state index contributed by atoms with van der Waals surface area (Å²) in [5.74, 6) is 1.51. The number of fused-ring (bicyclic) bond motifs is 1. The zero-order valence-corrected chi connectivity index (χ0v) is 12.2. The molecule has 2 heterocycles. The summed E-state index contributed by atoms with van der Waals surface area (Å²) in [4.78, 5) is 4.02. The maximum atomic E-state index is 5.99. The molecule has 4 nitrogen and oxygen atoms in total. The Morgan fingerprint density at radius 2 is 2.26 bits per heavy atom. The molecule has 0 fully saturated rings. The Hall–Kier alpha value is -1.46. The summed E-state index contributed by atoms with van der Waals surface area (Å²) in [7, 11) is 0. The first-order valence-corrected chi connectivity index (χ1v) is 6.83. The molecule has 0 radical (unpaired) electrons. The van der Waals surface area contributed by atoms with Crippen LogP contribution in [0.5, 0.6) is 11.5 Å². The minimum Gasteiger partial charge on any atom is -0.454 e. The molecule has 0 saturated carbocycles. The SMILES string of the molecule is Clc1ncccc1NCc1cc(Br)c2c(c1)OCO2. The van der Waals surface area contributed by atoms with Crippen molar-refractivity contribution in [3.05, 3.63) is 45.7 Å². The highest BCUT2D eigenvalue weighted by Crippen LogP contribution is 2.40. The lowest BCUT2D eigenvalue weighted by Crippen LogP contribution is -2.00. The van der Waals surface area contributed by atoms with E-state index in [9.17, 15) is 0 Å². The molecule has 98 valence electrons. The summed E-state index contributed by atoms with van der Waals surface area (Å²) in [6.45, 7) is 0.889. The Kier molecular flexibility index (Phi) is 3.48. The molecule has 1 aliphatic heterocycles. The van der Waals surface area contributed by atoms with E-state index >= 15 is 0 Å². The first kappa shape index (κ1) is 12.6. The monoisotopic (exact) mass is 340 g/mol. The van der Waals surface area contributed by atoms with Crippen molar-refractivity contribution in [2.45, 2.75) is 6.54 Å². The van der Waals surface area contributed by atoms with Crippen molar-refractivity contribution in [1.82, 2.24) is 4.98 Å². The number of nitrogens with one attached hydrogen (secondary N) is 1. The summed E-state index contributed by atoms with van der Waals surface area (Å²) < 4.78 is 11.6.